The molecular weight excluding hydrogens is 296 g/mol. The van der Waals surface area contributed by atoms with Crippen LogP contribution >= 0.6 is 11.3 Å². The number of aromatic nitrogens is 5. The van der Waals surface area contributed by atoms with Crippen molar-refractivity contribution in [3.8, 4) is 0 Å². The zero-order valence-electron chi connectivity index (χ0n) is 12.5. The van der Waals surface area contributed by atoms with Gasteiger partial charge in [-0.2, -0.15) is 0 Å². The summed E-state index contributed by atoms with van der Waals surface area (Å²) >= 11 is 1.69. The van der Waals surface area contributed by atoms with Crippen LogP contribution in [0.2, 0.25) is 0 Å². The van der Waals surface area contributed by atoms with Crippen LogP contribution in [0.1, 0.15) is 31.6 Å². The predicted molar refractivity (Wildman–Crippen MR) is 87.3 cm³/mol. The molecule has 4 heterocycles. The summed E-state index contributed by atoms with van der Waals surface area (Å²) in [5.41, 5.74) is 0. The Hall–Kier alpha value is -2.02. The SMILES string of the molecule is CCc1nc(N2CCC(n3ccnn3)CC2)c2ccsc2n1. The fraction of sp³-hybridized carbons (Fsp3) is 0.467. The number of nitrogens with zero attached hydrogens (tertiary/aromatic N) is 6. The van der Waals surface area contributed by atoms with E-state index in [1.54, 1.807) is 17.5 Å². The summed E-state index contributed by atoms with van der Waals surface area (Å²) in [5.74, 6) is 2.03. The Balaban J connectivity index is 1.59. The van der Waals surface area contributed by atoms with Gasteiger partial charge in [0.25, 0.3) is 0 Å². The summed E-state index contributed by atoms with van der Waals surface area (Å²) in [7, 11) is 0. The Bertz CT molecular complexity index is 758. The standard InChI is InChI=1S/C15H18N6S/c1-2-13-17-14(12-5-10-22-15(12)18-13)20-7-3-11(4-8-20)21-9-6-16-19-21/h5-6,9-11H,2-4,7-8H2,1H3. The van der Waals surface area contributed by atoms with Crippen molar-refractivity contribution in [3.05, 3.63) is 29.7 Å². The van der Waals surface area contributed by atoms with Gasteiger partial charge in [0.2, 0.25) is 0 Å². The monoisotopic (exact) mass is 314 g/mol. The molecule has 0 aromatic carbocycles. The van der Waals surface area contributed by atoms with Gasteiger partial charge in [-0.15, -0.1) is 16.4 Å². The third-order valence-corrected chi connectivity index (χ3v) is 5.05. The van der Waals surface area contributed by atoms with Crippen molar-refractivity contribution >= 4 is 27.4 Å². The van der Waals surface area contributed by atoms with Crippen LogP contribution in [-0.4, -0.2) is 38.1 Å². The fourth-order valence-electron chi connectivity index (χ4n) is 3.04. The van der Waals surface area contributed by atoms with Crippen molar-refractivity contribution in [2.24, 2.45) is 0 Å². The minimum absolute atomic E-state index is 0.448. The average molecular weight is 314 g/mol. The molecule has 1 saturated heterocycles. The lowest BCUT2D eigenvalue weighted by Crippen LogP contribution is -2.35. The van der Waals surface area contributed by atoms with Crippen LogP contribution in [0, 0.1) is 0 Å². The molecule has 3 aromatic heterocycles. The summed E-state index contributed by atoms with van der Waals surface area (Å²) in [6.07, 6.45) is 6.72. The summed E-state index contributed by atoms with van der Waals surface area (Å²) in [4.78, 5) is 12.9. The molecule has 0 amide bonds. The summed E-state index contributed by atoms with van der Waals surface area (Å²) in [6.45, 7) is 4.10. The largest absolute Gasteiger partial charge is 0.356 e. The number of hydrogen-bond acceptors (Lipinski definition) is 6. The van der Waals surface area contributed by atoms with E-state index in [4.69, 9.17) is 4.98 Å². The first-order valence-corrected chi connectivity index (χ1v) is 8.58. The normalized spacial score (nSPS) is 16.5. The lowest BCUT2D eigenvalue weighted by Gasteiger charge is -2.33. The molecule has 0 unspecified atom stereocenters. The summed E-state index contributed by atoms with van der Waals surface area (Å²) in [6, 6.07) is 2.59. The first-order valence-electron chi connectivity index (χ1n) is 7.70. The lowest BCUT2D eigenvalue weighted by molar-refractivity contribution is 0.359. The summed E-state index contributed by atoms with van der Waals surface area (Å²) in [5, 5.41) is 11.3. The van der Waals surface area contributed by atoms with Gasteiger partial charge in [0.15, 0.2) is 0 Å². The van der Waals surface area contributed by atoms with Crippen LogP contribution in [-0.2, 0) is 6.42 Å². The van der Waals surface area contributed by atoms with E-state index in [0.717, 1.165) is 48.8 Å². The van der Waals surface area contributed by atoms with Gasteiger partial charge in [-0.1, -0.05) is 12.1 Å². The highest BCUT2D eigenvalue weighted by molar-refractivity contribution is 7.16. The van der Waals surface area contributed by atoms with Crippen molar-refractivity contribution in [1.82, 2.24) is 25.0 Å². The van der Waals surface area contributed by atoms with Crippen molar-refractivity contribution in [3.63, 3.8) is 0 Å². The van der Waals surface area contributed by atoms with Crippen molar-refractivity contribution < 1.29 is 0 Å². The molecule has 114 valence electrons. The first kappa shape index (κ1) is 13.6. The number of aryl methyl sites for hydroxylation is 1. The van der Waals surface area contributed by atoms with Gasteiger partial charge < -0.3 is 4.90 Å². The Morgan fingerprint density at radius 3 is 2.86 bits per heavy atom. The van der Waals surface area contributed by atoms with E-state index in [1.807, 2.05) is 10.9 Å². The quantitative estimate of drug-likeness (QED) is 0.744. The molecular formula is C15H18N6S. The maximum atomic E-state index is 4.79. The van der Waals surface area contributed by atoms with E-state index >= 15 is 0 Å². The van der Waals surface area contributed by atoms with E-state index in [0.29, 0.717) is 6.04 Å². The third-order valence-electron chi connectivity index (χ3n) is 4.25. The topological polar surface area (TPSA) is 59.7 Å². The van der Waals surface area contributed by atoms with E-state index in [1.165, 1.54) is 5.39 Å². The maximum absolute atomic E-state index is 4.79. The van der Waals surface area contributed by atoms with Gasteiger partial charge in [-0.3, -0.25) is 0 Å². The molecule has 0 radical (unpaired) electrons. The molecule has 1 fully saturated rings. The van der Waals surface area contributed by atoms with Gasteiger partial charge in [-0.25, -0.2) is 14.6 Å². The van der Waals surface area contributed by atoms with Crippen molar-refractivity contribution in [2.75, 3.05) is 18.0 Å². The number of piperidine rings is 1. The highest BCUT2D eigenvalue weighted by Gasteiger charge is 2.23. The molecule has 1 aliphatic rings. The van der Waals surface area contributed by atoms with Crippen LogP contribution < -0.4 is 4.90 Å². The summed E-state index contributed by atoms with van der Waals surface area (Å²) < 4.78 is 1.98. The van der Waals surface area contributed by atoms with Gasteiger partial charge in [0.1, 0.15) is 16.5 Å². The molecule has 0 aliphatic carbocycles. The molecule has 1 aliphatic heterocycles. The number of anilines is 1. The number of hydrogen-bond donors (Lipinski definition) is 0. The lowest BCUT2D eigenvalue weighted by atomic mass is 10.1. The van der Waals surface area contributed by atoms with Crippen LogP contribution in [0.4, 0.5) is 5.82 Å². The number of rotatable bonds is 3. The van der Waals surface area contributed by atoms with E-state index in [9.17, 15) is 0 Å². The molecule has 4 rings (SSSR count). The van der Waals surface area contributed by atoms with Crippen LogP contribution in [0.15, 0.2) is 23.8 Å². The second-order valence-electron chi connectivity index (χ2n) is 5.56. The average Bonchev–Trinajstić information content (AvgIpc) is 3.25. The Morgan fingerprint density at radius 2 is 2.14 bits per heavy atom. The molecule has 0 bridgehead atoms. The highest BCUT2D eigenvalue weighted by Crippen LogP contribution is 2.31. The third kappa shape index (κ3) is 2.35. The molecule has 7 heteroatoms. The Kier molecular flexibility index (Phi) is 3.49. The van der Waals surface area contributed by atoms with Gasteiger partial charge in [-0.05, 0) is 24.3 Å². The minimum Gasteiger partial charge on any atom is -0.356 e. The Morgan fingerprint density at radius 1 is 1.27 bits per heavy atom. The second-order valence-corrected chi connectivity index (χ2v) is 6.45. The van der Waals surface area contributed by atoms with E-state index < -0.39 is 0 Å². The van der Waals surface area contributed by atoms with Gasteiger partial charge >= 0.3 is 0 Å². The molecule has 0 atom stereocenters. The molecule has 0 saturated carbocycles. The van der Waals surface area contributed by atoms with Gasteiger partial charge in [0.05, 0.1) is 17.6 Å². The van der Waals surface area contributed by atoms with E-state index in [2.05, 4.69) is 38.6 Å². The maximum Gasteiger partial charge on any atom is 0.141 e. The predicted octanol–water partition coefficient (Wildman–Crippen LogP) is 2.69. The molecule has 0 spiro atoms. The van der Waals surface area contributed by atoms with Crippen LogP contribution in [0.3, 0.4) is 0 Å². The molecule has 6 nitrogen and oxygen atoms in total. The first-order chi connectivity index (χ1) is 10.8. The molecule has 3 aromatic rings. The molecule has 0 N–H and O–H groups in total. The Labute approximate surface area is 132 Å². The minimum atomic E-state index is 0.448. The number of thiophene rings is 1. The van der Waals surface area contributed by atoms with Crippen LogP contribution in [0.5, 0.6) is 0 Å². The van der Waals surface area contributed by atoms with Gasteiger partial charge in [0, 0.05) is 25.7 Å². The zero-order valence-corrected chi connectivity index (χ0v) is 13.3. The molecule has 22 heavy (non-hydrogen) atoms. The van der Waals surface area contributed by atoms with Crippen LogP contribution in [0.25, 0.3) is 10.2 Å². The fourth-order valence-corrected chi connectivity index (χ4v) is 3.81. The zero-order chi connectivity index (χ0) is 14.9. The smallest absolute Gasteiger partial charge is 0.141 e. The number of fused-ring (bicyclic) bond motifs is 1. The van der Waals surface area contributed by atoms with Crippen molar-refractivity contribution in [2.45, 2.75) is 32.2 Å². The second kappa shape index (κ2) is 5.64. The highest BCUT2D eigenvalue weighted by atomic mass is 32.1. The van der Waals surface area contributed by atoms with Crippen molar-refractivity contribution in [1.29, 1.82) is 0 Å². The van der Waals surface area contributed by atoms with E-state index in [-0.39, 0.29) is 0 Å².